The van der Waals surface area contributed by atoms with Crippen LogP contribution in [0, 0.1) is 12.7 Å². The lowest BCUT2D eigenvalue weighted by Gasteiger charge is -2.28. The lowest BCUT2D eigenvalue weighted by molar-refractivity contribution is 0.160. The molecule has 0 N–H and O–H groups in total. The van der Waals surface area contributed by atoms with Crippen molar-refractivity contribution in [2.45, 2.75) is 65.4 Å². The topological polar surface area (TPSA) is 54.4 Å². The lowest BCUT2D eigenvalue weighted by Crippen LogP contribution is -2.32. The molecule has 2 aliphatic rings. The minimum Gasteiger partial charge on any atom is -0.459 e. The second-order valence-corrected chi connectivity index (χ2v) is 9.93. The second kappa shape index (κ2) is 8.07. The van der Waals surface area contributed by atoms with E-state index in [2.05, 4.69) is 45.5 Å². The van der Waals surface area contributed by atoms with E-state index in [1.165, 1.54) is 16.9 Å². The van der Waals surface area contributed by atoms with Crippen molar-refractivity contribution in [2.75, 3.05) is 13.1 Å². The fourth-order valence-electron chi connectivity index (χ4n) is 4.84. The van der Waals surface area contributed by atoms with Gasteiger partial charge in [-0.1, -0.05) is 6.92 Å². The molecule has 2 aliphatic heterocycles. The molecule has 1 fully saturated rings. The van der Waals surface area contributed by atoms with Crippen LogP contribution in [0.1, 0.15) is 55.1 Å². The highest BCUT2D eigenvalue weighted by Crippen LogP contribution is 2.34. The Morgan fingerprint density at radius 2 is 2.13 bits per heavy atom. The average molecular weight is 442 g/mol. The number of fused-ring (bicyclic) bond motifs is 2. The van der Waals surface area contributed by atoms with Gasteiger partial charge < -0.3 is 4.74 Å². The highest BCUT2D eigenvalue weighted by atomic mass is 32.1. The van der Waals surface area contributed by atoms with Crippen molar-refractivity contribution in [2.24, 2.45) is 0 Å². The smallest absolute Gasteiger partial charge is 0.316 e. The van der Waals surface area contributed by atoms with Gasteiger partial charge in [-0.25, -0.2) is 14.4 Å². The number of thiazole rings is 1. The molecular formula is C23H28FN5OS. The van der Waals surface area contributed by atoms with Crippen LogP contribution in [-0.4, -0.2) is 50.0 Å². The maximum absolute atomic E-state index is 14.9. The van der Waals surface area contributed by atoms with Gasteiger partial charge in [0.1, 0.15) is 11.9 Å². The summed E-state index contributed by atoms with van der Waals surface area (Å²) >= 11 is 1.53. The van der Waals surface area contributed by atoms with Crippen molar-refractivity contribution < 1.29 is 9.13 Å². The fourth-order valence-corrected chi connectivity index (χ4v) is 5.67. The van der Waals surface area contributed by atoms with Crippen LogP contribution in [0.25, 0.3) is 10.2 Å². The van der Waals surface area contributed by atoms with Crippen molar-refractivity contribution in [1.82, 2.24) is 24.8 Å². The first kappa shape index (κ1) is 20.7. The first-order valence-electron chi connectivity index (χ1n) is 11.0. The van der Waals surface area contributed by atoms with Crippen LogP contribution in [0.5, 0.6) is 6.01 Å². The van der Waals surface area contributed by atoms with Gasteiger partial charge in [0.25, 0.3) is 0 Å². The quantitative estimate of drug-likeness (QED) is 0.582. The minimum atomic E-state index is -0.164. The van der Waals surface area contributed by atoms with Gasteiger partial charge in [0.05, 0.1) is 20.9 Å². The number of rotatable bonds is 5. The van der Waals surface area contributed by atoms with Gasteiger partial charge in [-0.3, -0.25) is 9.80 Å². The van der Waals surface area contributed by atoms with Crippen LogP contribution < -0.4 is 4.74 Å². The number of likely N-dealkylation sites (tertiary alicyclic amines) is 1. The van der Waals surface area contributed by atoms with Gasteiger partial charge in [0.15, 0.2) is 0 Å². The van der Waals surface area contributed by atoms with Gasteiger partial charge in [-0.15, -0.1) is 11.3 Å². The molecule has 4 heterocycles. The third-order valence-electron chi connectivity index (χ3n) is 6.56. The largest absolute Gasteiger partial charge is 0.459 e. The highest BCUT2D eigenvalue weighted by molar-refractivity contribution is 7.18. The number of aromatic nitrogens is 3. The maximum atomic E-state index is 14.9. The second-order valence-electron chi connectivity index (χ2n) is 8.70. The molecule has 3 aromatic rings. The fraction of sp³-hybridized carbons (Fsp3) is 0.522. The number of halogens is 1. The maximum Gasteiger partial charge on any atom is 0.316 e. The van der Waals surface area contributed by atoms with Crippen LogP contribution in [0.4, 0.5) is 4.39 Å². The molecule has 0 amide bonds. The normalized spacial score (nSPS) is 22.9. The Morgan fingerprint density at radius 1 is 1.29 bits per heavy atom. The molecular weight excluding hydrogens is 413 g/mol. The first-order valence-corrected chi connectivity index (χ1v) is 11.8. The summed E-state index contributed by atoms with van der Waals surface area (Å²) in [5, 5.41) is 0.957. The first-order chi connectivity index (χ1) is 14.9. The van der Waals surface area contributed by atoms with E-state index in [0.717, 1.165) is 53.5 Å². The van der Waals surface area contributed by atoms with Crippen LogP contribution >= 0.6 is 11.3 Å². The third kappa shape index (κ3) is 3.92. The van der Waals surface area contributed by atoms with E-state index >= 15 is 0 Å². The zero-order valence-corrected chi connectivity index (χ0v) is 19.2. The molecule has 0 radical (unpaired) electrons. The summed E-state index contributed by atoms with van der Waals surface area (Å²) in [5.41, 5.74) is 3.82. The number of aryl methyl sites for hydroxylation is 1. The molecule has 5 rings (SSSR count). The number of ether oxygens (including phenoxy) is 1. The summed E-state index contributed by atoms with van der Waals surface area (Å²) in [6.07, 6.45) is 2.76. The number of benzene rings is 1. The molecule has 164 valence electrons. The molecule has 1 aromatic carbocycles. The Labute approximate surface area is 186 Å². The van der Waals surface area contributed by atoms with Gasteiger partial charge in [-0.05, 0) is 39.4 Å². The molecule has 31 heavy (non-hydrogen) atoms. The van der Waals surface area contributed by atoms with Crippen LogP contribution in [0.3, 0.4) is 0 Å². The molecule has 1 unspecified atom stereocenters. The molecule has 2 aromatic heterocycles. The van der Waals surface area contributed by atoms with E-state index in [1.807, 2.05) is 19.2 Å². The zero-order chi connectivity index (χ0) is 21.7. The number of hydrogen-bond acceptors (Lipinski definition) is 7. The van der Waals surface area contributed by atoms with Crippen molar-refractivity contribution in [3.05, 3.63) is 46.0 Å². The molecule has 1 saturated heterocycles. The summed E-state index contributed by atoms with van der Waals surface area (Å²) in [6.45, 7) is 11.8. The molecule has 0 saturated carbocycles. The van der Waals surface area contributed by atoms with Crippen molar-refractivity contribution in [3.63, 3.8) is 0 Å². The Hall–Kier alpha value is -2.16. The Bertz CT molecular complexity index is 1120. The van der Waals surface area contributed by atoms with Gasteiger partial charge in [0, 0.05) is 55.5 Å². The van der Waals surface area contributed by atoms with E-state index in [9.17, 15) is 4.39 Å². The van der Waals surface area contributed by atoms with Crippen LogP contribution in [0.2, 0.25) is 0 Å². The predicted molar refractivity (Wildman–Crippen MR) is 120 cm³/mol. The Balaban J connectivity index is 1.30. The van der Waals surface area contributed by atoms with E-state index in [-0.39, 0.29) is 24.0 Å². The molecule has 0 bridgehead atoms. The number of nitrogens with zero attached hydrogens (tertiary/aromatic N) is 5. The van der Waals surface area contributed by atoms with Crippen molar-refractivity contribution in [1.29, 1.82) is 0 Å². The Kier molecular flexibility index (Phi) is 5.40. The molecule has 0 aliphatic carbocycles. The van der Waals surface area contributed by atoms with Gasteiger partial charge in [0.2, 0.25) is 0 Å². The van der Waals surface area contributed by atoms with E-state index in [1.54, 1.807) is 6.07 Å². The zero-order valence-electron chi connectivity index (χ0n) is 18.4. The average Bonchev–Trinajstić information content (AvgIpc) is 3.41. The molecule has 6 nitrogen and oxygen atoms in total. The summed E-state index contributed by atoms with van der Waals surface area (Å²) in [7, 11) is 0. The van der Waals surface area contributed by atoms with E-state index < -0.39 is 0 Å². The summed E-state index contributed by atoms with van der Waals surface area (Å²) < 4.78 is 22.0. The van der Waals surface area contributed by atoms with Crippen LogP contribution in [0.15, 0.2) is 18.3 Å². The Morgan fingerprint density at radius 3 is 2.94 bits per heavy atom. The molecule has 0 spiro atoms. The van der Waals surface area contributed by atoms with Crippen LogP contribution in [-0.2, 0) is 13.1 Å². The molecule has 8 heteroatoms. The predicted octanol–water partition coefficient (Wildman–Crippen LogP) is 4.47. The van der Waals surface area contributed by atoms with E-state index in [4.69, 9.17) is 4.74 Å². The summed E-state index contributed by atoms with van der Waals surface area (Å²) in [4.78, 5) is 18.3. The number of hydrogen-bond donors (Lipinski definition) is 0. The molecule has 3 atom stereocenters. The SMILES string of the molecule is CCN1Cc2cnc(O[C@@H]3C[C@H](C)N(C(C)c4cc5nc(C)sc5cc4F)C3)nc2C1. The van der Waals surface area contributed by atoms with E-state index in [0.29, 0.717) is 11.6 Å². The summed E-state index contributed by atoms with van der Waals surface area (Å²) in [6, 6.07) is 4.20. The summed E-state index contributed by atoms with van der Waals surface area (Å²) in [5.74, 6) is -0.164. The highest BCUT2D eigenvalue weighted by Gasteiger charge is 2.35. The minimum absolute atomic E-state index is 0.00695. The van der Waals surface area contributed by atoms with Crippen molar-refractivity contribution in [3.8, 4) is 6.01 Å². The third-order valence-corrected chi connectivity index (χ3v) is 7.50. The standard InChI is InChI=1S/C23H28FN5OS/c1-5-28-10-16-9-25-23(27-21(16)12-28)30-17-6-13(2)29(11-17)14(3)18-7-20-22(8-19(18)24)31-15(4)26-20/h7-9,13-14,17H,5-6,10-12H2,1-4H3/t13-,14?,17+/m0/s1. The lowest BCUT2D eigenvalue weighted by atomic mass is 10.0. The van der Waals surface area contributed by atoms with Gasteiger partial charge >= 0.3 is 6.01 Å². The monoisotopic (exact) mass is 441 g/mol. The van der Waals surface area contributed by atoms with Crippen molar-refractivity contribution >= 4 is 21.6 Å². The van der Waals surface area contributed by atoms with Gasteiger partial charge in [-0.2, -0.15) is 4.98 Å².